The average Bonchev–Trinajstić information content (AvgIpc) is 2.40. The summed E-state index contributed by atoms with van der Waals surface area (Å²) in [6, 6.07) is 7.79. The van der Waals surface area contributed by atoms with Gasteiger partial charge in [-0.05, 0) is 61.8 Å². The van der Waals surface area contributed by atoms with Gasteiger partial charge in [-0.25, -0.2) is 0 Å². The molecule has 4 rings (SSSR count). The summed E-state index contributed by atoms with van der Waals surface area (Å²) >= 11 is 0. The Balaban J connectivity index is 0.00000110. The second kappa shape index (κ2) is 4.89. The minimum atomic E-state index is 0. The fourth-order valence-electron chi connectivity index (χ4n) is 5.13. The number of nitrogens with one attached hydrogen (secondary N) is 1. The van der Waals surface area contributed by atoms with E-state index in [4.69, 9.17) is 0 Å². The van der Waals surface area contributed by atoms with E-state index in [0.717, 1.165) is 12.0 Å². The molecule has 3 atom stereocenters. The van der Waals surface area contributed by atoms with Crippen LogP contribution in [-0.4, -0.2) is 12.6 Å². The van der Waals surface area contributed by atoms with Crippen molar-refractivity contribution in [1.29, 1.82) is 0 Å². The molecule has 1 aromatic rings. The minimum absolute atomic E-state index is 0. The molecule has 2 heteroatoms. The highest BCUT2D eigenvalue weighted by atomic mass is 79.9. The second-order valence-electron chi connectivity index (χ2n) is 6.62. The zero-order valence-corrected chi connectivity index (χ0v) is 13.5. The van der Waals surface area contributed by atoms with E-state index in [1.54, 1.807) is 11.1 Å². The van der Waals surface area contributed by atoms with Crippen LogP contribution in [0.25, 0.3) is 0 Å². The van der Waals surface area contributed by atoms with Crippen molar-refractivity contribution in [2.75, 3.05) is 6.54 Å². The Kier molecular flexibility index (Phi) is 3.51. The second-order valence-corrected chi connectivity index (χ2v) is 6.62. The lowest BCUT2D eigenvalue weighted by Gasteiger charge is -2.56. The molecule has 2 fully saturated rings. The smallest absolute Gasteiger partial charge is 0.0144 e. The molecule has 2 bridgehead atoms. The first-order valence-corrected chi connectivity index (χ1v) is 7.64. The van der Waals surface area contributed by atoms with Crippen molar-refractivity contribution in [3.63, 3.8) is 0 Å². The summed E-state index contributed by atoms with van der Waals surface area (Å²) in [5.74, 6) is 0.911. The van der Waals surface area contributed by atoms with Crippen LogP contribution in [-0.2, 0) is 11.8 Å². The average molecular weight is 322 g/mol. The normalized spacial score (nSPS) is 35.8. The highest BCUT2D eigenvalue weighted by molar-refractivity contribution is 8.93. The van der Waals surface area contributed by atoms with Gasteiger partial charge in [-0.2, -0.15) is 0 Å². The summed E-state index contributed by atoms with van der Waals surface area (Å²) in [7, 11) is 0. The number of rotatable bonds is 0. The monoisotopic (exact) mass is 321 g/mol. The summed E-state index contributed by atoms with van der Waals surface area (Å²) in [5, 5.41) is 3.81. The van der Waals surface area contributed by atoms with Gasteiger partial charge >= 0.3 is 0 Å². The summed E-state index contributed by atoms with van der Waals surface area (Å²) < 4.78 is 0. The summed E-state index contributed by atoms with van der Waals surface area (Å²) in [4.78, 5) is 0. The SMILES string of the molecule is Br.Cc1cccc2c1C[C@H]1NCC[C@@]23CCCC[C@@H]13. The first-order valence-electron chi connectivity index (χ1n) is 7.64. The zero-order valence-electron chi connectivity index (χ0n) is 11.7. The van der Waals surface area contributed by atoms with E-state index in [9.17, 15) is 0 Å². The molecule has 0 unspecified atom stereocenters. The highest BCUT2D eigenvalue weighted by Crippen LogP contribution is 2.54. The molecule has 19 heavy (non-hydrogen) atoms. The molecule has 1 aliphatic heterocycles. The molecule has 104 valence electrons. The molecule has 1 saturated heterocycles. The van der Waals surface area contributed by atoms with Gasteiger partial charge in [-0.1, -0.05) is 31.0 Å². The van der Waals surface area contributed by atoms with Crippen LogP contribution in [0.1, 0.15) is 48.8 Å². The predicted molar refractivity (Wildman–Crippen MR) is 85.2 cm³/mol. The number of hydrogen-bond donors (Lipinski definition) is 1. The van der Waals surface area contributed by atoms with Crippen molar-refractivity contribution in [3.05, 3.63) is 34.9 Å². The molecular weight excluding hydrogens is 298 g/mol. The minimum Gasteiger partial charge on any atom is -0.313 e. The number of piperidine rings is 1. The maximum absolute atomic E-state index is 3.81. The van der Waals surface area contributed by atoms with Crippen molar-refractivity contribution in [1.82, 2.24) is 5.32 Å². The fraction of sp³-hybridized carbons (Fsp3) is 0.647. The Morgan fingerprint density at radius 2 is 2.11 bits per heavy atom. The van der Waals surface area contributed by atoms with Crippen LogP contribution < -0.4 is 5.32 Å². The first kappa shape index (κ1) is 13.6. The zero-order chi connectivity index (χ0) is 12.2. The van der Waals surface area contributed by atoms with Crippen molar-refractivity contribution in [3.8, 4) is 0 Å². The molecule has 0 amide bonds. The molecule has 2 aliphatic carbocycles. The molecule has 1 N–H and O–H groups in total. The third kappa shape index (κ3) is 1.83. The van der Waals surface area contributed by atoms with E-state index in [2.05, 4.69) is 30.4 Å². The van der Waals surface area contributed by atoms with Crippen LogP contribution in [0.2, 0.25) is 0 Å². The number of benzene rings is 1. The van der Waals surface area contributed by atoms with Crippen LogP contribution in [0.3, 0.4) is 0 Å². The number of halogens is 1. The van der Waals surface area contributed by atoms with Crippen molar-refractivity contribution in [2.45, 2.75) is 56.9 Å². The van der Waals surface area contributed by atoms with Gasteiger partial charge in [-0.3, -0.25) is 0 Å². The molecule has 1 saturated carbocycles. The summed E-state index contributed by atoms with van der Waals surface area (Å²) in [6.07, 6.45) is 8.42. The van der Waals surface area contributed by atoms with Crippen molar-refractivity contribution in [2.24, 2.45) is 5.92 Å². The van der Waals surface area contributed by atoms with Gasteiger partial charge in [-0.15, -0.1) is 17.0 Å². The Labute approximate surface area is 126 Å². The van der Waals surface area contributed by atoms with Crippen LogP contribution in [0.5, 0.6) is 0 Å². The third-order valence-electron chi connectivity index (χ3n) is 5.93. The van der Waals surface area contributed by atoms with Crippen LogP contribution >= 0.6 is 17.0 Å². The van der Waals surface area contributed by atoms with E-state index >= 15 is 0 Å². The lowest BCUT2D eigenvalue weighted by atomic mass is 9.52. The standard InChI is InChI=1S/C17H23N.BrH/c1-12-5-4-7-14-13(12)11-16-15-6-2-3-8-17(14,15)9-10-18-16;/h4-5,7,15-16,18H,2-3,6,8-11H2,1H3;1H/t15-,16+,17-;/m0./s1. The maximum Gasteiger partial charge on any atom is 0.0144 e. The van der Waals surface area contributed by atoms with E-state index in [0.29, 0.717) is 5.41 Å². The van der Waals surface area contributed by atoms with Gasteiger partial charge in [0.15, 0.2) is 0 Å². The van der Waals surface area contributed by atoms with E-state index in [-0.39, 0.29) is 17.0 Å². The lowest BCUT2D eigenvalue weighted by Crippen LogP contribution is -2.59. The van der Waals surface area contributed by atoms with Gasteiger partial charge in [0.2, 0.25) is 0 Å². The Hall–Kier alpha value is -0.340. The van der Waals surface area contributed by atoms with Crippen LogP contribution in [0, 0.1) is 12.8 Å². The maximum atomic E-state index is 3.81. The molecule has 1 nitrogen and oxygen atoms in total. The van der Waals surface area contributed by atoms with Crippen LogP contribution in [0.15, 0.2) is 18.2 Å². The lowest BCUT2D eigenvalue weighted by molar-refractivity contribution is 0.0796. The van der Waals surface area contributed by atoms with Crippen LogP contribution in [0.4, 0.5) is 0 Å². The molecule has 0 radical (unpaired) electrons. The number of hydrogen-bond acceptors (Lipinski definition) is 1. The number of aryl methyl sites for hydroxylation is 1. The first-order chi connectivity index (χ1) is 8.81. The quantitative estimate of drug-likeness (QED) is 0.763. The fourth-order valence-corrected chi connectivity index (χ4v) is 5.13. The summed E-state index contributed by atoms with van der Waals surface area (Å²) in [6.45, 7) is 3.53. The molecule has 1 heterocycles. The Morgan fingerprint density at radius 1 is 1.21 bits per heavy atom. The molecule has 3 aliphatic rings. The van der Waals surface area contributed by atoms with Gasteiger partial charge in [0.25, 0.3) is 0 Å². The molecular formula is C17H24BrN. The molecule has 0 spiro atoms. The van der Waals surface area contributed by atoms with Gasteiger partial charge < -0.3 is 5.32 Å². The summed E-state index contributed by atoms with van der Waals surface area (Å²) in [5.41, 5.74) is 5.45. The predicted octanol–water partition coefficient (Wildman–Crippen LogP) is 3.92. The molecule has 1 aromatic carbocycles. The van der Waals surface area contributed by atoms with Gasteiger partial charge in [0, 0.05) is 11.5 Å². The third-order valence-corrected chi connectivity index (χ3v) is 5.93. The van der Waals surface area contributed by atoms with E-state index in [1.807, 2.05) is 0 Å². The van der Waals surface area contributed by atoms with Gasteiger partial charge in [0.05, 0.1) is 0 Å². The largest absolute Gasteiger partial charge is 0.313 e. The van der Waals surface area contributed by atoms with Crippen molar-refractivity contribution < 1.29 is 0 Å². The topological polar surface area (TPSA) is 12.0 Å². The highest BCUT2D eigenvalue weighted by Gasteiger charge is 2.51. The van der Waals surface area contributed by atoms with E-state index < -0.39 is 0 Å². The van der Waals surface area contributed by atoms with Crippen molar-refractivity contribution >= 4 is 17.0 Å². The Bertz CT molecular complexity index is 480. The molecule has 0 aromatic heterocycles. The Morgan fingerprint density at radius 3 is 3.00 bits per heavy atom. The van der Waals surface area contributed by atoms with Gasteiger partial charge in [0.1, 0.15) is 0 Å². The van der Waals surface area contributed by atoms with E-state index in [1.165, 1.54) is 50.6 Å². The number of fused-ring (bicyclic) bond motifs is 1.